The standard InChI is InChI=1S/C5H12O2.C4H10O2.C4H10O/c1-5(2,3-6)4-7;1-4(2-5)3-6;1-2-3-4-5/h6-7H,3-4H2,1-2H3;4-6H,2-3H2,1H3;5H,2-4H2,1H3. The van der Waals surface area contributed by atoms with Crippen molar-refractivity contribution in [2.75, 3.05) is 33.0 Å². The summed E-state index contributed by atoms with van der Waals surface area (Å²) in [5.41, 5.74) is -0.306. The van der Waals surface area contributed by atoms with Crippen molar-refractivity contribution in [3.05, 3.63) is 0 Å². The minimum absolute atomic E-state index is 0.0451. The smallest absolute Gasteiger partial charge is 0.0504 e. The lowest BCUT2D eigenvalue weighted by Gasteiger charge is -2.16. The normalized spacial score (nSPS) is 10.3. The van der Waals surface area contributed by atoms with E-state index in [1.165, 1.54) is 0 Å². The minimum Gasteiger partial charge on any atom is -0.396 e. The van der Waals surface area contributed by atoms with Crippen LogP contribution in [0.2, 0.25) is 0 Å². The van der Waals surface area contributed by atoms with E-state index in [9.17, 15) is 0 Å². The number of hydrogen-bond acceptors (Lipinski definition) is 5. The van der Waals surface area contributed by atoms with Gasteiger partial charge in [0.1, 0.15) is 0 Å². The second-order valence-electron chi connectivity index (χ2n) is 5.03. The molecule has 5 nitrogen and oxygen atoms in total. The van der Waals surface area contributed by atoms with Crippen LogP contribution in [0.25, 0.3) is 0 Å². The third-order valence-electron chi connectivity index (χ3n) is 1.99. The fourth-order valence-electron chi connectivity index (χ4n) is 0.266. The van der Waals surface area contributed by atoms with Crippen LogP contribution in [0.4, 0.5) is 0 Å². The zero-order chi connectivity index (χ0) is 15.0. The van der Waals surface area contributed by atoms with Gasteiger partial charge in [-0.2, -0.15) is 0 Å². The first-order valence-corrected chi connectivity index (χ1v) is 6.39. The van der Waals surface area contributed by atoms with E-state index in [1.807, 2.05) is 0 Å². The topological polar surface area (TPSA) is 101 Å². The van der Waals surface area contributed by atoms with Crippen LogP contribution >= 0.6 is 0 Å². The van der Waals surface area contributed by atoms with Crippen LogP contribution in [0.15, 0.2) is 0 Å². The Morgan fingerprint density at radius 2 is 1.28 bits per heavy atom. The molecule has 5 heteroatoms. The molecule has 0 atom stereocenters. The average Bonchev–Trinajstić information content (AvgIpc) is 2.40. The quantitative estimate of drug-likeness (QED) is 0.479. The molecule has 0 heterocycles. The Balaban J connectivity index is -0.000000190. The van der Waals surface area contributed by atoms with Gasteiger partial charge in [-0.3, -0.25) is 0 Å². The Morgan fingerprint density at radius 1 is 0.889 bits per heavy atom. The molecule has 0 fully saturated rings. The van der Waals surface area contributed by atoms with Crippen molar-refractivity contribution in [1.82, 2.24) is 0 Å². The minimum atomic E-state index is -0.306. The summed E-state index contributed by atoms with van der Waals surface area (Å²) in [6.45, 7) is 8.02. The van der Waals surface area contributed by atoms with Gasteiger partial charge in [0, 0.05) is 31.2 Å². The van der Waals surface area contributed by atoms with Gasteiger partial charge in [0.15, 0.2) is 0 Å². The molecule has 0 radical (unpaired) electrons. The van der Waals surface area contributed by atoms with Crippen molar-refractivity contribution in [3.63, 3.8) is 0 Å². The van der Waals surface area contributed by atoms with Crippen LogP contribution < -0.4 is 0 Å². The lowest BCUT2D eigenvalue weighted by Crippen LogP contribution is -2.20. The third kappa shape index (κ3) is 24.9. The predicted molar refractivity (Wildman–Crippen MR) is 73.3 cm³/mol. The van der Waals surface area contributed by atoms with E-state index in [0.717, 1.165) is 12.8 Å². The molecule has 0 aromatic heterocycles. The average molecular weight is 268 g/mol. The van der Waals surface area contributed by atoms with Gasteiger partial charge in [-0.25, -0.2) is 0 Å². The van der Waals surface area contributed by atoms with Gasteiger partial charge in [0.05, 0.1) is 13.2 Å². The van der Waals surface area contributed by atoms with Crippen LogP contribution in [0, 0.1) is 11.3 Å². The Bertz CT molecular complexity index is 127. The van der Waals surface area contributed by atoms with Gasteiger partial charge in [-0.1, -0.05) is 34.1 Å². The van der Waals surface area contributed by atoms with Crippen molar-refractivity contribution in [2.24, 2.45) is 11.3 Å². The van der Waals surface area contributed by atoms with Gasteiger partial charge < -0.3 is 25.5 Å². The van der Waals surface area contributed by atoms with Crippen molar-refractivity contribution < 1.29 is 25.5 Å². The molecule has 18 heavy (non-hydrogen) atoms. The Morgan fingerprint density at radius 3 is 1.28 bits per heavy atom. The summed E-state index contributed by atoms with van der Waals surface area (Å²) in [6.07, 6.45) is 2.04. The maximum absolute atomic E-state index is 8.43. The molecular weight excluding hydrogens is 236 g/mol. The van der Waals surface area contributed by atoms with Crippen LogP contribution in [0.3, 0.4) is 0 Å². The highest BCUT2D eigenvalue weighted by atomic mass is 16.3. The van der Waals surface area contributed by atoms with Crippen molar-refractivity contribution in [3.8, 4) is 0 Å². The molecule has 0 amide bonds. The molecule has 5 N–H and O–H groups in total. The number of hydrogen-bond donors (Lipinski definition) is 5. The highest BCUT2D eigenvalue weighted by molar-refractivity contribution is 4.62. The van der Waals surface area contributed by atoms with Crippen molar-refractivity contribution in [1.29, 1.82) is 0 Å². The number of unbranched alkanes of at least 4 members (excludes halogenated alkanes) is 1. The molecule has 0 aliphatic carbocycles. The monoisotopic (exact) mass is 268 g/mol. The van der Waals surface area contributed by atoms with Gasteiger partial charge >= 0.3 is 0 Å². The molecular formula is C13H32O5. The van der Waals surface area contributed by atoms with Gasteiger partial charge in [-0.05, 0) is 6.42 Å². The van der Waals surface area contributed by atoms with Crippen LogP contribution in [-0.4, -0.2) is 58.6 Å². The first-order valence-electron chi connectivity index (χ1n) is 6.39. The number of rotatable bonds is 6. The lowest BCUT2D eigenvalue weighted by molar-refractivity contribution is 0.0857. The Labute approximate surface area is 111 Å². The highest BCUT2D eigenvalue weighted by Gasteiger charge is 2.13. The molecule has 114 valence electrons. The van der Waals surface area contributed by atoms with Gasteiger partial charge in [-0.15, -0.1) is 0 Å². The fourth-order valence-corrected chi connectivity index (χ4v) is 0.266. The van der Waals surface area contributed by atoms with Gasteiger partial charge in [0.2, 0.25) is 0 Å². The molecule has 0 saturated carbocycles. The maximum Gasteiger partial charge on any atom is 0.0504 e. The van der Waals surface area contributed by atoms with Crippen molar-refractivity contribution in [2.45, 2.75) is 40.5 Å². The molecule has 0 aliphatic rings. The number of aliphatic hydroxyl groups excluding tert-OH is 5. The molecule has 0 rings (SSSR count). The summed E-state index contributed by atoms with van der Waals surface area (Å²) >= 11 is 0. The Hall–Kier alpha value is -0.200. The lowest BCUT2D eigenvalue weighted by atomic mass is 9.97. The third-order valence-corrected chi connectivity index (χ3v) is 1.99. The zero-order valence-corrected chi connectivity index (χ0v) is 12.3. The molecule has 0 aromatic carbocycles. The summed E-state index contributed by atoms with van der Waals surface area (Å²) in [5, 5.41) is 41.3. The summed E-state index contributed by atoms with van der Waals surface area (Å²) in [7, 11) is 0. The second-order valence-corrected chi connectivity index (χ2v) is 5.03. The first-order chi connectivity index (χ1) is 8.34. The molecule has 0 aromatic rings. The van der Waals surface area contributed by atoms with Gasteiger partial charge in [0.25, 0.3) is 0 Å². The van der Waals surface area contributed by atoms with Crippen LogP contribution in [-0.2, 0) is 0 Å². The fraction of sp³-hybridized carbons (Fsp3) is 1.00. The maximum atomic E-state index is 8.43. The highest BCUT2D eigenvalue weighted by Crippen LogP contribution is 2.10. The van der Waals surface area contributed by atoms with E-state index in [2.05, 4.69) is 6.92 Å². The molecule has 0 unspecified atom stereocenters. The van der Waals surface area contributed by atoms with Crippen LogP contribution in [0.1, 0.15) is 40.5 Å². The van der Waals surface area contributed by atoms with E-state index >= 15 is 0 Å². The molecule has 0 spiro atoms. The van der Waals surface area contributed by atoms with E-state index in [4.69, 9.17) is 25.5 Å². The summed E-state index contributed by atoms with van der Waals surface area (Å²) < 4.78 is 0. The summed E-state index contributed by atoms with van der Waals surface area (Å²) in [5.74, 6) is 0.0463. The summed E-state index contributed by atoms with van der Waals surface area (Å²) in [4.78, 5) is 0. The van der Waals surface area contributed by atoms with Crippen LogP contribution in [0.5, 0.6) is 0 Å². The van der Waals surface area contributed by atoms with E-state index in [0.29, 0.717) is 6.61 Å². The Kier molecular flexibility index (Phi) is 21.4. The largest absolute Gasteiger partial charge is 0.396 e. The SMILES string of the molecule is CC(C)(CO)CO.CC(CO)CO.CCCCO. The van der Waals surface area contributed by atoms with Crippen molar-refractivity contribution >= 4 is 0 Å². The predicted octanol–water partition coefficient (Wildman–Crippen LogP) is 0.383. The molecule has 0 bridgehead atoms. The van der Waals surface area contributed by atoms with E-state index < -0.39 is 0 Å². The summed E-state index contributed by atoms with van der Waals surface area (Å²) in [6, 6.07) is 0. The molecule has 0 saturated heterocycles. The number of aliphatic hydroxyl groups is 5. The van der Waals surface area contributed by atoms with E-state index in [-0.39, 0.29) is 37.8 Å². The molecule has 0 aliphatic heterocycles. The zero-order valence-electron chi connectivity index (χ0n) is 12.3. The van der Waals surface area contributed by atoms with E-state index in [1.54, 1.807) is 20.8 Å². The second kappa shape index (κ2) is 16.8. The first kappa shape index (κ1) is 22.9.